The van der Waals surface area contributed by atoms with Crippen LogP contribution in [0, 0.1) is 41.5 Å². The first kappa shape index (κ1) is 29.6. The van der Waals surface area contributed by atoms with Crippen LogP contribution in [-0.4, -0.2) is 0 Å². The van der Waals surface area contributed by atoms with Crippen LogP contribution < -0.4 is 15.9 Å². The Morgan fingerprint density at radius 3 is 1.38 bits per heavy atom. The Morgan fingerprint density at radius 2 is 0.892 bits per heavy atom. The molecule has 0 bridgehead atoms. The molecule has 0 aliphatic rings. The van der Waals surface area contributed by atoms with Crippen molar-refractivity contribution in [2.45, 2.75) is 120 Å². The van der Waals surface area contributed by atoms with E-state index in [9.17, 15) is 0 Å². The molecule has 0 N–H and O–H groups in total. The van der Waals surface area contributed by atoms with E-state index in [0.29, 0.717) is 0 Å². The van der Waals surface area contributed by atoms with Crippen LogP contribution in [0.4, 0.5) is 0 Å². The van der Waals surface area contributed by atoms with Gasteiger partial charge in [0, 0.05) is 0 Å². The number of hydrogen-bond donors (Lipinski definition) is 0. The highest BCUT2D eigenvalue weighted by Gasteiger charge is 2.26. The van der Waals surface area contributed by atoms with Crippen molar-refractivity contribution in [3.8, 4) is 0 Å². The van der Waals surface area contributed by atoms with Crippen molar-refractivity contribution >= 4 is 23.8 Å². The molecule has 0 aliphatic carbocycles. The molecule has 0 amide bonds. The molecule has 3 aromatic carbocycles. The van der Waals surface area contributed by atoms with Gasteiger partial charge in [-0.2, -0.15) is 0 Å². The van der Waals surface area contributed by atoms with Crippen LogP contribution in [0.25, 0.3) is 0 Å². The fraction of sp³-hybridized carbons (Fsp3) is 0.500. The van der Waals surface area contributed by atoms with Gasteiger partial charge in [-0.25, -0.2) is 0 Å². The average Bonchev–Trinajstić information content (AvgIpc) is 2.89. The van der Waals surface area contributed by atoms with Gasteiger partial charge in [-0.15, -0.1) is 0 Å². The van der Waals surface area contributed by atoms with Gasteiger partial charge in [0.25, 0.3) is 0 Å². The first-order valence-electron chi connectivity index (χ1n) is 14.8. The normalized spacial score (nSPS) is 11.5. The van der Waals surface area contributed by atoms with Crippen molar-refractivity contribution in [1.82, 2.24) is 0 Å². The lowest BCUT2D eigenvalue weighted by atomic mass is 9.91. The van der Waals surface area contributed by atoms with E-state index >= 15 is 0 Å². The SMILES string of the molecule is CCCCc1ccc(P(c2ccc(C)c(C)c2C)c2ccc(C)c(C)c2C)c(CCCC)c1CCCC. The zero-order valence-corrected chi connectivity index (χ0v) is 26.2. The molecule has 200 valence electrons. The molecule has 37 heavy (non-hydrogen) atoms. The molecule has 0 spiro atoms. The first-order chi connectivity index (χ1) is 17.8. The van der Waals surface area contributed by atoms with Crippen LogP contribution in [0.3, 0.4) is 0 Å². The van der Waals surface area contributed by atoms with Gasteiger partial charge in [0.1, 0.15) is 0 Å². The van der Waals surface area contributed by atoms with Crippen molar-refractivity contribution in [2.24, 2.45) is 0 Å². The molecule has 0 radical (unpaired) electrons. The van der Waals surface area contributed by atoms with Gasteiger partial charge in [-0.3, -0.25) is 0 Å². The summed E-state index contributed by atoms with van der Waals surface area (Å²) in [5.41, 5.74) is 13.7. The highest BCUT2D eigenvalue weighted by Crippen LogP contribution is 2.40. The summed E-state index contributed by atoms with van der Waals surface area (Å²) < 4.78 is 0. The Hall–Kier alpha value is -1.91. The van der Waals surface area contributed by atoms with Crippen LogP contribution in [0.15, 0.2) is 36.4 Å². The van der Waals surface area contributed by atoms with E-state index in [1.807, 2.05) is 0 Å². The van der Waals surface area contributed by atoms with E-state index in [1.165, 1.54) is 91.2 Å². The van der Waals surface area contributed by atoms with Gasteiger partial charge in [0.05, 0.1) is 0 Å². The summed E-state index contributed by atoms with van der Waals surface area (Å²) in [6, 6.07) is 14.7. The van der Waals surface area contributed by atoms with Crippen LogP contribution >= 0.6 is 7.92 Å². The monoisotopic (exact) mass is 514 g/mol. The van der Waals surface area contributed by atoms with Crippen molar-refractivity contribution in [2.75, 3.05) is 0 Å². The minimum absolute atomic E-state index is 0.639. The lowest BCUT2D eigenvalue weighted by molar-refractivity contribution is 0.737. The van der Waals surface area contributed by atoms with E-state index in [4.69, 9.17) is 0 Å². The molecule has 0 aromatic heterocycles. The van der Waals surface area contributed by atoms with E-state index in [2.05, 4.69) is 98.7 Å². The number of aryl methyl sites for hydroxylation is 3. The molecule has 0 saturated heterocycles. The molecule has 0 unspecified atom stereocenters. The van der Waals surface area contributed by atoms with Gasteiger partial charge in [0.2, 0.25) is 0 Å². The van der Waals surface area contributed by atoms with Gasteiger partial charge in [-0.05, 0) is 154 Å². The zero-order chi connectivity index (χ0) is 27.1. The Morgan fingerprint density at radius 1 is 0.459 bits per heavy atom. The fourth-order valence-corrected chi connectivity index (χ4v) is 8.57. The topological polar surface area (TPSA) is 0 Å². The predicted molar refractivity (Wildman–Crippen MR) is 169 cm³/mol. The number of rotatable bonds is 12. The zero-order valence-electron chi connectivity index (χ0n) is 25.3. The minimum atomic E-state index is -0.639. The van der Waals surface area contributed by atoms with E-state index in [1.54, 1.807) is 32.6 Å². The second kappa shape index (κ2) is 13.8. The maximum atomic E-state index is 2.56. The summed E-state index contributed by atoms with van der Waals surface area (Å²) in [6.07, 6.45) is 11.2. The van der Waals surface area contributed by atoms with Gasteiger partial charge < -0.3 is 0 Å². The van der Waals surface area contributed by atoms with Crippen LogP contribution in [0.5, 0.6) is 0 Å². The Bertz CT molecular complexity index is 1140. The van der Waals surface area contributed by atoms with E-state index < -0.39 is 7.92 Å². The second-order valence-electron chi connectivity index (χ2n) is 11.2. The Kier molecular flexibility index (Phi) is 11.0. The van der Waals surface area contributed by atoms with Crippen LogP contribution in [-0.2, 0) is 19.3 Å². The summed E-state index contributed by atoms with van der Waals surface area (Å²) in [7, 11) is -0.639. The molecule has 0 fully saturated rings. The predicted octanol–water partition coefficient (Wildman–Crippen LogP) is 9.32. The van der Waals surface area contributed by atoms with Crippen molar-refractivity contribution in [3.05, 3.63) is 86.5 Å². The summed E-state index contributed by atoms with van der Waals surface area (Å²) in [6.45, 7) is 20.9. The summed E-state index contributed by atoms with van der Waals surface area (Å²) in [5.74, 6) is 0. The molecule has 0 atom stereocenters. The molecular weight excluding hydrogens is 463 g/mol. The maximum absolute atomic E-state index is 2.56. The molecule has 0 saturated carbocycles. The third-order valence-electron chi connectivity index (χ3n) is 8.65. The smallest absolute Gasteiger partial charge is 0.0116 e. The molecule has 0 aliphatic heterocycles. The molecule has 1 heteroatoms. The lowest BCUT2D eigenvalue weighted by Gasteiger charge is -2.29. The standard InChI is InChI=1S/C36H51P/c1-10-13-16-31-21-24-36(33(18-15-12-3)32(31)17-14-11-2)37(34-22-19-25(4)27(6)29(34)8)35-23-20-26(5)28(7)30(35)9/h19-24H,10-18H2,1-9H3. The molecule has 0 nitrogen and oxygen atoms in total. The van der Waals surface area contributed by atoms with Gasteiger partial charge in [-0.1, -0.05) is 76.4 Å². The van der Waals surface area contributed by atoms with Crippen LogP contribution in [0.1, 0.15) is 109 Å². The maximum Gasteiger partial charge on any atom is -0.0116 e. The third kappa shape index (κ3) is 6.57. The third-order valence-corrected chi connectivity index (χ3v) is 11.5. The summed E-state index contributed by atoms with van der Waals surface area (Å²) >= 11 is 0. The summed E-state index contributed by atoms with van der Waals surface area (Å²) in [5, 5.41) is 4.71. The van der Waals surface area contributed by atoms with Crippen molar-refractivity contribution in [3.63, 3.8) is 0 Å². The number of unbranched alkanes of at least 4 members (excludes halogenated alkanes) is 3. The number of hydrogen-bond acceptors (Lipinski definition) is 0. The fourth-order valence-electron chi connectivity index (χ4n) is 5.59. The quantitative estimate of drug-likeness (QED) is 0.211. The van der Waals surface area contributed by atoms with Crippen molar-refractivity contribution < 1.29 is 0 Å². The molecule has 3 aromatic rings. The molecule has 3 rings (SSSR count). The second-order valence-corrected chi connectivity index (χ2v) is 13.3. The Labute approximate surface area is 230 Å². The largest absolute Gasteiger partial charge is 0.0654 e. The average molecular weight is 515 g/mol. The number of benzene rings is 3. The van der Waals surface area contributed by atoms with Gasteiger partial charge >= 0.3 is 0 Å². The van der Waals surface area contributed by atoms with E-state index in [0.717, 1.165) is 0 Å². The van der Waals surface area contributed by atoms with Crippen molar-refractivity contribution in [1.29, 1.82) is 0 Å². The molecule has 0 heterocycles. The highest BCUT2D eigenvalue weighted by atomic mass is 31.1. The summed E-state index contributed by atoms with van der Waals surface area (Å²) in [4.78, 5) is 0. The van der Waals surface area contributed by atoms with Gasteiger partial charge in [0.15, 0.2) is 0 Å². The Balaban J connectivity index is 2.39. The van der Waals surface area contributed by atoms with Crippen LogP contribution in [0.2, 0.25) is 0 Å². The first-order valence-corrected chi connectivity index (χ1v) is 16.2. The minimum Gasteiger partial charge on any atom is -0.0654 e. The molecular formula is C36H51P. The highest BCUT2D eigenvalue weighted by molar-refractivity contribution is 7.80. The lowest BCUT2D eigenvalue weighted by Crippen LogP contribution is -2.29. The van der Waals surface area contributed by atoms with E-state index in [-0.39, 0.29) is 0 Å².